The summed E-state index contributed by atoms with van der Waals surface area (Å²) in [6, 6.07) is 0. The highest BCUT2D eigenvalue weighted by molar-refractivity contribution is 9.09. The lowest BCUT2D eigenvalue weighted by molar-refractivity contribution is -0.149. The van der Waals surface area contributed by atoms with Gasteiger partial charge in [-0.05, 0) is 79.4 Å². The maximum Gasteiger partial charge on any atom is 0.302 e. The Morgan fingerprint density at radius 1 is 1.12 bits per heavy atom. The van der Waals surface area contributed by atoms with Crippen molar-refractivity contribution in [3.05, 3.63) is 11.6 Å². The number of ether oxygens (including phenoxy) is 1. The zero-order valence-electron chi connectivity index (χ0n) is 20.8. The number of carbonyl (C=O) groups excluding carboxylic acids is 2. The highest BCUT2D eigenvalue weighted by Crippen LogP contribution is 2.67. The highest BCUT2D eigenvalue weighted by atomic mass is 79.9. The molecule has 4 rings (SSSR count). The molecule has 0 radical (unpaired) electrons. The Bertz CT molecular complexity index is 773. The molecule has 3 saturated carbocycles. The SMILES string of the molecule is CC(=O)O[C@H]1CC[C@@]2(C)C(=CC(Br)[C@H]3[C@@H]4CC[C@H](C(=O)CCCC(C)C)[C@@]4(C)CC[C@@H]32)C1. The van der Waals surface area contributed by atoms with E-state index >= 15 is 0 Å². The van der Waals surface area contributed by atoms with E-state index in [1.807, 2.05) is 0 Å². The first kappa shape index (κ1) is 24.5. The molecule has 0 spiro atoms. The Morgan fingerprint density at radius 2 is 1.88 bits per heavy atom. The van der Waals surface area contributed by atoms with E-state index in [1.54, 1.807) is 0 Å². The van der Waals surface area contributed by atoms with Crippen LogP contribution in [0.4, 0.5) is 0 Å². The van der Waals surface area contributed by atoms with Crippen LogP contribution in [0.25, 0.3) is 0 Å². The van der Waals surface area contributed by atoms with Gasteiger partial charge in [-0.1, -0.05) is 61.7 Å². The largest absolute Gasteiger partial charge is 0.462 e. The van der Waals surface area contributed by atoms with Crippen molar-refractivity contribution in [3.63, 3.8) is 0 Å². The predicted octanol–water partition coefficient (Wildman–Crippen LogP) is 7.27. The second-order valence-electron chi connectivity index (χ2n) is 12.2. The molecule has 4 heteroatoms. The van der Waals surface area contributed by atoms with Crippen LogP contribution in [0.3, 0.4) is 0 Å². The van der Waals surface area contributed by atoms with Crippen LogP contribution >= 0.6 is 15.9 Å². The number of Topliss-reactive ketones (excluding diaryl/α,β-unsaturated/α-hetero) is 1. The summed E-state index contributed by atoms with van der Waals surface area (Å²) in [6.45, 7) is 10.9. The van der Waals surface area contributed by atoms with E-state index in [0.717, 1.165) is 44.9 Å². The van der Waals surface area contributed by atoms with E-state index in [9.17, 15) is 9.59 Å². The minimum Gasteiger partial charge on any atom is -0.462 e. The molecule has 0 bridgehead atoms. The van der Waals surface area contributed by atoms with Gasteiger partial charge in [-0.2, -0.15) is 0 Å². The number of fused-ring (bicyclic) bond motifs is 5. The summed E-state index contributed by atoms with van der Waals surface area (Å²) in [4.78, 5) is 25.2. The van der Waals surface area contributed by atoms with Crippen LogP contribution in [-0.2, 0) is 14.3 Å². The van der Waals surface area contributed by atoms with Gasteiger partial charge in [0, 0.05) is 30.5 Å². The first-order valence-electron chi connectivity index (χ1n) is 13.1. The number of carbonyl (C=O) groups is 2. The van der Waals surface area contributed by atoms with Gasteiger partial charge < -0.3 is 4.74 Å². The predicted molar refractivity (Wildman–Crippen MR) is 133 cm³/mol. The fourth-order valence-corrected chi connectivity index (χ4v) is 9.35. The van der Waals surface area contributed by atoms with Crippen molar-refractivity contribution in [2.24, 2.45) is 40.4 Å². The van der Waals surface area contributed by atoms with E-state index < -0.39 is 0 Å². The summed E-state index contributed by atoms with van der Waals surface area (Å²) in [6.07, 6.45) is 13.2. The molecule has 0 heterocycles. The maximum atomic E-state index is 13.3. The van der Waals surface area contributed by atoms with Crippen molar-refractivity contribution >= 4 is 27.7 Å². The molecule has 180 valence electrons. The minimum atomic E-state index is -0.160. The van der Waals surface area contributed by atoms with Gasteiger partial charge in [-0.25, -0.2) is 0 Å². The van der Waals surface area contributed by atoms with Crippen LogP contribution in [0.1, 0.15) is 98.8 Å². The first-order valence-corrected chi connectivity index (χ1v) is 14.0. The molecule has 4 aliphatic carbocycles. The summed E-state index contributed by atoms with van der Waals surface area (Å²) in [7, 11) is 0. The molecule has 0 saturated heterocycles. The minimum absolute atomic E-state index is 0.0382. The molecule has 0 N–H and O–H groups in total. The summed E-state index contributed by atoms with van der Waals surface area (Å²) >= 11 is 4.09. The number of rotatable bonds is 6. The Morgan fingerprint density at radius 3 is 2.56 bits per heavy atom. The number of esters is 1. The molecular formula is C28H43BrO3. The molecule has 0 aliphatic heterocycles. The average molecular weight is 508 g/mol. The number of hydrogen-bond acceptors (Lipinski definition) is 3. The van der Waals surface area contributed by atoms with Gasteiger partial charge in [0.05, 0.1) is 0 Å². The van der Waals surface area contributed by atoms with E-state index in [0.29, 0.717) is 34.3 Å². The fraction of sp³-hybridized carbons (Fsp3) is 0.857. The lowest BCUT2D eigenvalue weighted by atomic mass is 9.47. The van der Waals surface area contributed by atoms with Gasteiger partial charge in [0.1, 0.15) is 11.9 Å². The topological polar surface area (TPSA) is 43.4 Å². The normalized spacial score (nSPS) is 43.2. The van der Waals surface area contributed by atoms with Crippen LogP contribution in [0.2, 0.25) is 0 Å². The molecule has 0 amide bonds. The monoisotopic (exact) mass is 506 g/mol. The van der Waals surface area contributed by atoms with Crippen LogP contribution in [-0.4, -0.2) is 22.7 Å². The van der Waals surface area contributed by atoms with Crippen LogP contribution < -0.4 is 0 Å². The lowest BCUT2D eigenvalue weighted by Gasteiger charge is -2.59. The van der Waals surface area contributed by atoms with Gasteiger partial charge in [0.2, 0.25) is 0 Å². The van der Waals surface area contributed by atoms with Crippen molar-refractivity contribution in [1.29, 1.82) is 0 Å². The van der Waals surface area contributed by atoms with E-state index in [4.69, 9.17) is 4.74 Å². The highest BCUT2D eigenvalue weighted by Gasteiger charge is 2.61. The van der Waals surface area contributed by atoms with Crippen LogP contribution in [0, 0.1) is 40.4 Å². The molecule has 0 aromatic carbocycles. The number of hydrogen-bond donors (Lipinski definition) is 0. The van der Waals surface area contributed by atoms with Gasteiger partial charge >= 0.3 is 5.97 Å². The number of halogens is 1. The average Bonchev–Trinajstić information content (AvgIpc) is 3.05. The first-order chi connectivity index (χ1) is 15.1. The third kappa shape index (κ3) is 4.27. The summed E-state index contributed by atoms with van der Waals surface area (Å²) < 4.78 is 5.60. The summed E-state index contributed by atoms with van der Waals surface area (Å²) in [5.74, 6) is 3.23. The van der Waals surface area contributed by atoms with Gasteiger partial charge in [-0.3, -0.25) is 9.59 Å². The molecule has 32 heavy (non-hydrogen) atoms. The van der Waals surface area contributed by atoms with Crippen molar-refractivity contribution < 1.29 is 14.3 Å². The van der Waals surface area contributed by atoms with Crippen LogP contribution in [0.5, 0.6) is 0 Å². The number of ketones is 1. The molecule has 8 atom stereocenters. The standard InChI is InChI=1S/C28H43BrO3/c1-17(2)7-6-8-25(31)21-9-10-22-26-23(12-14-28(21,22)5)27(4)13-11-20(32-18(3)30)15-19(27)16-24(26)29/h16-17,20-24,26H,6-15H2,1-5H3/t20-,21+,22-,23-,24?,26-,27-,28+/m0/s1. The lowest BCUT2D eigenvalue weighted by Crippen LogP contribution is -2.54. The zero-order valence-corrected chi connectivity index (χ0v) is 22.4. The van der Waals surface area contributed by atoms with E-state index in [-0.39, 0.29) is 28.8 Å². The van der Waals surface area contributed by atoms with Crippen LogP contribution in [0.15, 0.2) is 11.6 Å². The van der Waals surface area contributed by atoms with Crippen molar-refractivity contribution in [3.8, 4) is 0 Å². The quantitative estimate of drug-likeness (QED) is 0.216. The van der Waals surface area contributed by atoms with Gasteiger partial charge in [0.15, 0.2) is 0 Å². The number of alkyl halides is 1. The Kier molecular flexibility index (Phi) is 7.03. The fourth-order valence-electron chi connectivity index (χ4n) is 8.29. The van der Waals surface area contributed by atoms with Crippen molar-refractivity contribution in [1.82, 2.24) is 0 Å². The van der Waals surface area contributed by atoms with E-state index in [1.165, 1.54) is 31.8 Å². The molecule has 4 aliphatic rings. The van der Waals surface area contributed by atoms with Crippen molar-refractivity contribution in [2.45, 2.75) is 110 Å². The summed E-state index contributed by atoms with van der Waals surface area (Å²) in [5, 5.41) is 0. The third-order valence-corrected chi connectivity index (χ3v) is 10.8. The summed E-state index contributed by atoms with van der Waals surface area (Å²) in [5.41, 5.74) is 1.88. The second-order valence-corrected chi connectivity index (χ2v) is 13.3. The number of allylic oxidation sites excluding steroid dienone is 1. The molecular weight excluding hydrogens is 464 g/mol. The van der Waals surface area contributed by atoms with Crippen molar-refractivity contribution in [2.75, 3.05) is 0 Å². The smallest absolute Gasteiger partial charge is 0.302 e. The van der Waals surface area contributed by atoms with E-state index in [2.05, 4.69) is 49.7 Å². The molecule has 0 aromatic rings. The molecule has 3 nitrogen and oxygen atoms in total. The van der Waals surface area contributed by atoms with Gasteiger partial charge in [-0.15, -0.1) is 0 Å². The molecule has 0 aromatic heterocycles. The zero-order chi connectivity index (χ0) is 23.3. The molecule has 3 fully saturated rings. The maximum absolute atomic E-state index is 13.3. The van der Waals surface area contributed by atoms with Gasteiger partial charge in [0.25, 0.3) is 0 Å². The second kappa shape index (κ2) is 9.19. The Labute approximate surface area is 203 Å². The molecule has 1 unspecified atom stereocenters. The third-order valence-electron chi connectivity index (χ3n) is 9.97. The Hall–Kier alpha value is -0.640. The Balaban J connectivity index is 1.52.